The van der Waals surface area contributed by atoms with Crippen LogP contribution < -0.4 is 11.1 Å². The maximum absolute atomic E-state index is 12.2. The minimum atomic E-state index is -0.292. The Balaban J connectivity index is 2.34. The van der Waals surface area contributed by atoms with Gasteiger partial charge in [-0.1, -0.05) is 35.3 Å². The molecule has 0 aliphatic heterocycles. The maximum atomic E-state index is 12.2. The number of carbonyl (C=O) groups is 1. The highest BCUT2D eigenvalue weighted by Gasteiger charge is 2.13. The standard InChI is InChI=1S/C14H12Cl2N2O/c1-8-5-6-9(15)7-10(8)14(19)18-13-11(16)3-2-4-12(13)17/h2-7H,17H2,1H3,(H,18,19). The Kier molecular flexibility index (Phi) is 3.98. The molecule has 19 heavy (non-hydrogen) atoms. The first-order valence-electron chi connectivity index (χ1n) is 5.60. The molecule has 2 rings (SSSR count). The van der Waals surface area contributed by atoms with Crippen LogP contribution in [0, 0.1) is 6.92 Å². The number of anilines is 2. The first-order chi connectivity index (χ1) is 8.99. The second-order valence-corrected chi connectivity index (χ2v) is 4.96. The lowest BCUT2D eigenvalue weighted by molar-refractivity contribution is 0.102. The van der Waals surface area contributed by atoms with Crippen LogP contribution in [-0.2, 0) is 0 Å². The number of rotatable bonds is 2. The van der Waals surface area contributed by atoms with Gasteiger partial charge in [-0.3, -0.25) is 4.79 Å². The van der Waals surface area contributed by atoms with E-state index < -0.39 is 0 Å². The summed E-state index contributed by atoms with van der Waals surface area (Å²) in [4.78, 5) is 12.2. The van der Waals surface area contributed by atoms with Crippen molar-refractivity contribution < 1.29 is 4.79 Å². The first-order valence-corrected chi connectivity index (χ1v) is 6.36. The van der Waals surface area contributed by atoms with Gasteiger partial charge in [-0.05, 0) is 36.8 Å². The van der Waals surface area contributed by atoms with E-state index in [9.17, 15) is 4.79 Å². The van der Waals surface area contributed by atoms with Gasteiger partial charge in [0, 0.05) is 10.6 Å². The fourth-order valence-corrected chi connectivity index (χ4v) is 2.09. The number of hydrogen-bond donors (Lipinski definition) is 2. The topological polar surface area (TPSA) is 55.1 Å². The Hall–Kier alpha value is -1.71. The van der Waals surface area contributed by atoms with E-state index in [4.69, 9.17) is 28.9 Å². The van der Waals surface area contributed by atoms with E-state index in [0.29, 0.717) is 27.0 Å². The lowest BCUT2D eigenvalue weighted by Gasteiger charge is -2.11. The van der Waals surface area contributed by atoms with Gasteiger partial charge in [-0.2, -0.15) is 0 Å². The number of nitrogens with two attached hydrogens (primary N) is 1. The highest BCUT2D eigenvalue weighted by molar-refractivity contribution is 6.35. The van der Waals surface area contributed by atoms with E-state index in [-0.39, 0.29) is 5.91 Å². The molecule has 98 valence electrons. The molecule has 1 amide bonds. The van der Waals surface area contributed by atoms with Crippen molar-refractivity contribution in [2.24, 2.45) is 0 Å². The van der Waals surface area contributed by atoms with Crippen molar-refractivity contribution in [1.82, 2.24) is 0 Å². The van der Waals surface area contributed by atoms with E-state index in [2.05, 4.69) is 5.32 Å². The Morgan fingerprint density at radius 3 is 2.63 bits per heavy atom. The molecule has 2 aromatic rings. The molecule has 0 aliphatic carbocycles. The summed E-state index contributed by atoms with van der Waals surface area (Å²) in [5.41, 5.74) is 7.94. The number of carbonyl (C=O) groups excluding carboxylic acids is 1. The minimum Gasteiger partial charge on any atom is -0.397 e. The number of amides is 1. The minimum absolute atomic E-state index is 0.292. The fraction of sp³-hybridized carbons (Fsp3) is 0.0714. The Morgan fingerprint density at radius 2 is 1.95 bits per heavy atom. The normalized spacial score (nSPS) is 10.3. The molecule has 0 heterocycles. The molecule has 3 nitrogen and oxygen atoms in total. The van der Waals surface area contributed by atoms with E-state index in [1.165, 1.54) is 0 Å². The molecule has 0 fully saturated rings. The van der Waals surface area contributed by atoms with Crippen molar-refractivity contribution in [3.05, 3.63) is 57.6 Å². The van der Waals surface area contributed by atoms with Gasteiger partial charge in [0.25, 0.3) is 5.91 Å². The fourth-order valence-electron chi connectivity index (χ4n) is 1.69. The predicted molar refractivity (Wildman–Crippen MR) is 80.0 cm³/mol. The number of halogens is 2. The average Bonchev–Trinajstić information content (AvgIpc) is 2.37. The Bertz CT molecular complexity index is 621. The number of nitrogen functional groups attached to an aromatic ring is 1. The van der Waals surface area contributed by atoms with Gasteiger partial charge in [0.2, 0.25) is 0 Å². The summed E-state index contributed by atoms with van der Waals surface area (Å²) in [5.74, 6) is -0.292. The van der Waals surface area contributed by atoms with Crippen LogP contribution >= 0.6 is 23.2 Å². The van der Waals surface area contributed by atoms with Crippen LogP contribution in [0.3, 0.4) is 0 Å². The lowest BCUT2D eigenvalue weighted by Crippen LogP contribution is -2.14. The van der Waals surface area contributed by atoms with Crippen molar-refractivity contribution in [2.45, 2.75) is 6.92 Å². The Morgan fingerprint density at radius 1 is 1.21 bits per heavy atom. The molecular weight excluding hydrogens is 283 g/mol. The number of aryl methyl sites for hydroxylation is 1. The molecule has 0 saturated carbocycles. The van der Waals surface area contributed by atoms with Crippen LogP contribution in [0.2, 0.25) is 10.0 Å². The third-order valence-corrected chi connectivity index (χ3v) is 3.28. The molecule has 3 N–H and O–H groups in total. The molecule has 0 unspecified atom stereocenters. The Labute approximate surface area is 121 Å². The molecule has 0 spiro atoms. The summed E-state index contributed by atoms with van der Waals surface area (Å²) in [6, 6.07) is 10.2. The second-order valence-electron chi connectivity index (χ2n) is 4.12. The molecule has 0 atom stereocenters. The smallest absolute Gasteiger partial charge is 0.256 e. The average molecular weight is 295 g/mol. The van der Waals surface area contributed by atoms with Crippen LogP contribution in [0.25, 0.3) is 0 Å². The quantitative estimate of drug-likeness (QED) is 0.818. The van der Waals surface area contributed by atoms with Crippen molar-refractivity contribution in [2.75, 3.05) is 11.1 Å². The van der Waals surface area contributed by atoms with E-state index in [1.54, 1.807) is 36.4 Å². The van der Waals surface area contributed by atoms with Crippen molar-refractivity contribution in [3.63, 3.8) is 0 Å². The van der Waals surface area contributed by atoms with Gasteiger partial charge < -0.3 is 11.1 Å². The maximum Gasteiger partial charge on any atom is 0.256 e. The SMILES string of the molecule is Cc1ccc(Cl)cc1C(=O)Nc1c(N)cccc1Cl. The van der Waals surface area contributed by atoms with Gasteiger partial charge in [0.05, 0.1) is 16.4 Å². The van der Waals surface area contributed by atoms with Crippen LogP contribution in [0.4, 0.5) is 11.4 Å². The van der Waals surface area contributed by atoms with E-state index in [1.807, 2.05) is 6.92 Å². The highest BCUT2D eigenvalue weighted by Crippen LogP contribution is 2.28. The number of benzene rings is 2. The number of hydrogen-bond acceptors (Lipinski definition) is 2. The molecule has 0 aromatic heterocycles. The van der Waals surface area contributed by atoms with Gasteiger partial charge in [0.15, 0.2) is 0 Å². The zero-order valence-electron chi connectivity index (χ0n) is 10.2. The molecule has 2 aromatic carbocycles. The summed E-state index contributed by atoms with van der Waals surface area (Å²) in [6.45, 7) is 1.83. The van der Waals surface area contributed by atoms with Crippen molar-refractivity contribution >= 4 is 40.5 Å². The predicted octanol–water partition coefficient (Wildman–Crippen LogP) is 4.14. The zero-order valence-corrected chi connectivity index (χ0v) is 11.7. The lowest BCUT2D eigenvalue weighted by atomic mass is 10.1. The molecule has 0 saturated heterocycles. The third kappa shape index (κ3) is 3.00. The van der Waals surface area contributed by atoms with Gasteiger partial charge >= 0.3 is 0 Å². The summed E-state index contributed by atoms with van der Waals surface area (Å²) in [5, 5.41) is 3.61. The van der Waals surface area contributed by atoms with Crippen LogP contribution in [0.5, 0.6) is 0 Å². The van der Waals surface area contributed by atoms with E-state index in [0.717, 1.165) is 5.56 Å². The van der Waals surface area contributed by atoms with Crippen molar-refractivity contribution in [3.8, 4) is 0 Å². The van der Waals surface area contributed by atoms with Gasteiger partial charge in [-0.25, -0.2) is 0 Å². The highest BCUT2D eigenvalue weighted by atomic mass is 35.5. The van der Waals surface area contributed by atoms with Crippen LogP contribution in [-0.4, -0.2) is 5.91 Å². The third-order valence-electron chi connectivity index (χ3n) is 2.73. The zero-order chi connectivity index (χ0) is 14.0. The molecule has 0 bridgehead atoms. The summed E-state index contributed by atoms with van der Waals surface area (Å²) in [7, 11) is 0. The number of nitrogens with one attached hydrogen (secondary N) is 1. The molecule has 5 heteroatoms. The largest absolute Gasteiger partial charge is 0.397 e. The molecule has 0 radical (unpaired) electrons. The van der Waals surface area contributed by atoms with Crippen LogP contribution in [0.1, 0.15) is 15.9 Å². The van der Waals surface area contributed by atoms with Gasteiger partial charge in [0.1, 0.15) is 0 Å². The first kappa shape index (κ1) is 13.7. The van der Waals surface area contributed by atoms with Gasteiger partial charge in [-0.15, -0.1) is 0 Å². The summed E-state index contributed by atoms with van der Waals surface area (Å²) in [6.07, 6.45) is 0. The molecular formula is C14H12Cl2N2O. The van der Waals surface area contributed by atoms with E-state index >= 15 is 0 Å². The van der Waals surface area contributed by atoms with Crippen LogP contribution in [0.15, 0.2) is 36.4 Å². The monoisotopic (exact) mass is 294 g/mol. The summed E-state index contributed by atoms with van der Waals surface area (Å²) >= 11 is 11.9. The molecule has 0 aliphatic rings. The summed E-state index contributed by atoms with van der Waals surface area (Å²) < 4.78 is 0. The van der Waals surface area contributed by atoms with Crippen molar-refractivity contribution in [1.29, 1.82) is 0 Å². The second kappa shape index (κ2) is 5.51. The number of para-hydroxylation sites is 1.